The fraction of sp³-hybridized carbons (Fsp3) is 0.375. The summed E-state index contributed by atoms with van der Waals surface area (Å²) in [6.07, 6.45) is 4.14. The van der Waals surface area contributed by atoms with Crippen LogP contribution in [-0.2, 0) is 4.79 Å². The van der Waals surface area contributed by atoms with Gasteiger partial charge in [0.25, 0.3) is 0 Å². The number of hydrogen-bond acceptors (Lipinski definition) is 6. The molecule has 2 aromatic heterocycles. The summed E-state index contributed by atoms with van der Waals surface area (Å²) in [5, 5.41) is 6.12. The number of hydrazine groups is 1. The van der Waals surface area contributed by atoms with Crippen LogP contribution in [0.25, 0.3) is 0 Å². The maximum Gasteiger partial charge on any atom is 0.238 e. The monoisotopic (exact) mass is 315 g/mol. The van der Waals surface area contributed by atoms with Crippen LogP contribution in [0.5, 0.6) is 0 Å². The largest absolute Gasteiger partial charge is 0.465 e. The zero-order chi connectivity index (χ0) is 16.1. The number of carbonyl (C=O) groups is 1. The van der Waals surface area contributed by atoms with Gasteiger partial charge in [-0.1, -0.05) is 0 Å². The van der Waals surface area contributed by atoms with Crippen LogP contribution >= 0.6 is 0 Å². The van der Waals surface area contributed by atoms with Crippen molar-refractivity contribution < 1.29 is 9.21 Å². The molecule has 0 spiro atoms. The Balaban J connectivity index is 1.39. The van der Waals surface area contributed by atoms with Gasteiger partial charge < -0.3 is 15.1 Å². The van der Waals surface area contributed by atoms with Crippen LogP contribution in [0.4, 0.5) is 5.69 Å². The molecule has 0 radical (unpaired) electrons. The molecule has 1 amide bonds. The van der Waals surface area contributed by atoms with Gasteiger partial charge in [-0.2, -0.15) is 0 Å². The first-order valence-corrected chi connectivity index (χ1v) is 7.71. The predicted molar refractivity (Wildman–Crippen MR) is 86.6 cm³/mol. The van der Waals surface area contributed by atoms with E-state index in [1.807, 2.05) is 31.2 Å². The summed E-state index contributed by atoms with van der Waals surface area (Å²) >= 11 is 0. The molecule has 7 heteroatoms. The third-order valence-corrected chi connectivity index (χ3v) is 3.74. The molecule has 0 aromatic carbocycles. The van der Waals surface area contributed by atoms with Gasteiger partial charge >= 0.3 is 0 Å². The number of aryl methyl sites for hydroxylation is 1. The molecule has 0 saturated carbocycles. The molecule has 3 rings (SSSR count). The topological polar surface area (TPSA) is 91.2 Å². The standard InChI is InChI=1S/C16H21N5O2/c1-11-4-5-15(23-11)13-9-14(21-20-13)16(22)19-8-7-18-12-3-2-6-17-10-12/h2-6,10,13-14,18,20-21H,7-9H2,1H3,(H,19,22). The summed E-state index contributed by atoms with van der Waals surface area (Å²) in [6.45, 7) is 3.11. The molecule has 0 bridgehead atoms. The lowest BCUT2D eigenvalue weighted by Gasteiger charge is -2.11. The number of aromatic nitrogens is 1. The minimum Gasteiger partial charge on any atom is -0.465 e. The van der Waals surface area contributed by atoms with Gasteiger partial charge in [0, 0.05) is 25.5 Å². The average Bonchev–Trinajstić information content (AvgIpc) is 3.21. The summed E-state index contributed by atoms with van der Waals surface area (Å²) < 4.78 is 5.59. The van der Waals surface area contributed by atoms with Gasteiger partial charge in [0.05, 0.1) is 11.7 Å². The highest BCUT2D eigenvalue weighted by atomic mass is 16.3. The molecule has 1 fully saturated rings. The Morgan fingerprint density at radius 2 is 2.26 bits per heavy atom. The van der Waals surface area contributed by atoms with Crippen LogP contribution in [0.15, 0.2) is 41.1 Å². The van der Waals surface area contributed by atoms with Crippen molar-refractivity contribution in [3.8, 4) is 0 Å². The van der Waals surface area contributed by atoms with Crippen molar-refractivity contribution in [3.63, 3.8) is 0 Å². The number of nitrogens with zero attached hydrogens (tertiary/aromatic N) is 1. The number of amides is 1. The summed E-state index contributed by atoms with van der Waals surface area (Å²) in [4.78, 5) is 16.2. The Morgan fingerprint density at radius 3 is 3.00 bits per heavy atom. The maximum atomic E-state index is 12.2. The second-order valence-electron chi connectivity index (χ2n) is 5.54. The third kappa shape index (κ3) is 4.08. The Hall–Kier alpha value is -2.38. The molecular formula is C16H21N5O2. The lowest BCUT2D eigenvalue weighted by molar-refractivity contribution is -0.122. The van der Waals surface area contributed by atoms with E-state index in [0.717, 1.165) is 17.2 Å². The second-order valence-corrected chi connectivity index (χ2v) is 5.54. The highest BCUT2D eigenvalue weighted by molar-refractivity contribution is 5.82. The minimum absolute atomic E-state index is 0.0173. The van der Waals surface area contributed by atoms with E-state index in [9.17, 15) is 4.79 Å². The number of carbonyl (C=O) groups excluding carboxylic acids is 1. The average molecular weight is 315 g/mol. The van der Waals surface area contributed by atoms with Crippen LogP contribution in [0.2, 0.25) is 0 Å². The molecule has 23 heavy (non-hydrogen) atoms. The van der Waals surface area contributed by atoms with Gasteiger partial charge in [0.1, 0.15) is 17.6 Å². The van der Waals surface area contributed by atoms with E-state index in [1.165, 1.54) is 0 Å². The van der Waals surface area contributed by atoms with Crippen LogP contribution in [0.3, 0.4) is 0 Å². The van der Waals surface area contributed by atoms with Crippen LogP contribution in [-0.4, -0.2) is 30.0 Å². The number of hydrogen-bond donors (Lipinski definition) is 4. The molecule has 4 N–H and O–H groups in total. The number of rotatable bonds is 6. The van der Waals surface area contributed by atoms with Gasteiger partial charge in [-0.15, -0.1) is 0 Å². The van der Waals surface area contributed by atoms with Crippen LogP contribution < -0.4 is 21.5 Å². The fourth-order valence-corrected chi connectivity index (χ4v) is 2.54. The number of nitrogens with one attached hydrogen (secondary N) is 4. The zero-order valence-corrected chi connectivity index (χ0v) is 13.0. The Bertz CT molecular complexity index is 643. The molecule has 3 heterocycles. The van der Waals surface area contributed by atoms with E-state index in [0.29, 0.717) is 19.5 Å². The maximum absolute atomic E-state index is 12.2. The molecule has 7 nitrogen and oxygen atoms in total. The van der Waals surface area contributed by atoms with Crippen molar-refractivity contribution in [1.29, 1.82) is 0 Å². The molecule has 1 aliphatic rings. The first kappa shape index (κ1) is 15.5. The SMILES string of the molecule is Cc1ccc(C2CC(C(=O)NCCNc3cccnc3)NN2)o1. The Kier molecular flexibility index (Phi) is 4.89. The first-order chi connectivity index (χ1) is 11.2. The highest BCUT2D eigenvalue weighted by Gasteiger charge is 2.31. The number of furan rings is 1. The molecule has 0 aliphatic carbocycles. The van der Waals surface area contributed by atoms with Gasteiger partial charge in [0.15, 0.2) is 0 Å². The van der Waals surface area contributed by atoms with Crippen LogP contribution in [0.1, 0.15) is 24.0 Å². The lowest BCUT2D eigenvalue weighted by atomic mass is 10.1. The lowest BCUT2D eigenvalue weighted by Crippen LogP contribution is -2.44. The quantitative estimate of drug-likeness (QED) is 0.597. The van der Waals surface area contributed by atoms with Crippen LogP contribution in [0, 0.1) is 6.92 Å². The summed E-state index contributed by atoms with van der Waals surface area (Å²) in [6, 6.07) is 7.43. The summed E-state index contributed by atoms with van der Waals surface area (Å²) in [5.41, 5.74) is 7.07. The van der Waals surface area contributed by atoms with Gasteiger partial charge in [0.2, 0.25) is 5.91 Å². The minimum atomic E-state index is -0.260. The number of pyridine rings is 1. The fourth-order valence-electron chi connectivity index (χ4n) is 2.54. The zero-order valence-electron chi connectivity index (χ0n) is 13.0. The van der Waals surface area contributed by atoms with E-state index < -0.39 is 0 Å². The van der Waals surface area contributed by atoms with Crippen molar-refractivity contribution >= 4 is 11.6 Å². The van der Waals surface area contributed by atoms with Crippen molar-refractivity contribution in [1.82, 2.24) is 21.2 Å². The van der Waals surface area contributed by atoms with Gasteiger partial charge in [-0.05, 0) is 37.6 Å². The third-order valence-electron chi connectivity index (χ3n) is 3.74. The highest BCUT2D eigenvalue weighted by Crippen LogP contribution is 2.23. The Morgan fingerprint density at radius 1 is 1.35 bits per heavy atom. The van der Waals surface area contributed by atoms with Crippen molar-refractivity contribution in [2.24, 2.45) is 0 Å². The second kappa shape index (κ2) is 7.26. The first-order valence-electron chi connectivity index (χ1n) is 7.71. The normalized spacial score (nSPS) is 20.4. The number of anilines is 1. The van der Waals surface area contributed by atoms with Gasteiger partial charge in [-0.25, -0.2) is 10.9 Å². The Labute approximate surface area is 134 Å². The van der Waals surface area contributed by atoms with E-state index in [2.05, 4.69) is 26.5 Å². The van der Waals surface area contributed by atoms with Crippen molar-refractivity contribution in [3.05, 3.63) is 48.2 Å². The summed E-state index contributed by atoms with van der Waals surface area (Å²) in [5.74, 6) is 1.70. The van der Waals surface area contributed by atoms with E-state index in [-0.39, 0.29) is 18.0 Å². The molecule has 2 atom stereocenters. The molecule has 2 unspecified atom stereocenters. The van der Waals surface area contributed by atoms with E-state index in [4.69, 9.17) is 4.42 Å². The van der Waals surface area contributed by atoms with E-state index >= 15 is 0 Å². The smallest absolute Gasteiger partial charge is 0.238 e. The molecular weight excluding hydrogens is 294 g/mol. The van der Waals surface area contributed by atoms with Crippen molar-refractivity contribution in [2.75, 3.05) is 18.4 Å². The predicted octanol–water partition coefficient (Wildman–Crippen LogP) is 1.12. The van der Waals surface area contributed by atoms with Gasteiger partial charge in [-0.3, -0.25) is 9.78 Å². The summed E-state index contributed by atoms with van der Waals surface area (Å²) in [7, 11) is 0. The molecule has 122 valence electrons. The van der Waals surface area contributed by atoms with E-state index in [1.54, 1.807) is 12.4 Å². The molecule has 1 saturated heterocycles. The molecule has 1 aliphatic heterocycles. The van der Waals surface area contributed by atoms with Crippen molar-refractivity contribution in [2.45, 2.75) is 25.4 Å². The molecule has 2 aromatic rings.